The normalized spacial score (nSPS) is 11.5. The number of rotatable bonds is 5. The summed E-state index contributed by atoms with van der Waals surface area (Å²) >= 11 is 0. The zero-order chi connectivity index (χ0) is 30.5. The third-order valence-corrected chi connectivity index (χ3v) is 9.04. The van der Waals surface area contributed by atoms with E-state index in [-0.39, 0.29) is 0 Å². The van der Waals surface area contributed by atoms with Crippen LogP contribution in [0.2, 0.25) is 0 Å². The minimum absolute atomic E-state index is 0.877. The third-order valence-electron chi connectivity index (χ3n) is 9.04. The van der Waals surface area contributed by atoms with E-state index in [0.717, 1.165) is 33.3 Å². The molecule has 1 N–H and O–H groups in total. The summed E-state index contributed by atoms with van der Waals surface area (Å²) in [6, 6.07) is 60.6. The van der Waals surface area contributed by atoms with Crippen molar-refractivity contribution in [2.75, 3.05) is 5.32 Å². The molecule has 0 aliphatic rings. The quantitative estimate of drug-likeness (QED) is 0.217. The Bertz CT molecular complexity index is 2540. The lowest BCUT2D eigenvalue weighted by Gasteiger charge is -2.10. The van der Waals surface area contributed by atoms with Crippen molar-refractivity contribution in [3.8, 4) is 33.4 Å². The van der Waals surface area contributed by atoms with Gasteiger partial charge in [0.2, 0.25) is 0 Å². The van der Waals surface area contributed by atoms with Crippen LogP contribution in [0.1, 0.15) is 0 Å². The molecule has 0 atom stereocenters. The molecule has 1 aromatic heterocycles. The molecule has 0 bridgehead atoms. The van der Waals surface area contributed by atoms with Gasteiger partial charge in [0.25, 0.3) is 0 Å². The highest BCUT2D eigenvalue weighted by Crippen LogP contribution is 2.35. The number of para-hydroxylation sites is 2. The maximum absolute atomic E-state index is 6.19. The van der Waals surface area contributed by atoms with E-state index in [2.05, 4.69) is 157 Å². The summed E-state index contributed by atoms with van der Waals surface area (Å²) in [6.07, 6.45) is 0. The number of hydrogen-bond donors (Lipinski definition) is 1. The van der Waals surface area contributed by atoms with Gasteiger partial charge in [-0.3, -0.25) is 0 Å². The first-order valence-corrected chi connectivity index (χ1v) is 15.7. The van der Waals surface area contributed by atoms with Gasteiger partial charge in [-0.25, -0.2) is 0 Å². The van der Waals surface area contributed by atoms with E-state index in [1.54, 1.807) is 0 Å². The molecular formula is C44H29NO. The second-order valence-corrected chi connectivity index (χ2v) is 11.9. The number of anilines is 2. The van der Waals surface area contributed by atoms with Gasteiger partial charge in [0.05, 0.1) is 5.69 Å². The van der Waals surface area contributed by atoms with Crippen LogP contribution in [-0.4, -0.2) is 0 Å². The van der Waals surface area contributed by atoms with Crippen LogP contribution >= 0.6 is 0 Å². The fraction of sp³-hybridized carbons (Fsp3) is 0. The van der Waals surface area contributed by atoms with Crippen LogP contribution in [0.5, 0.6) is 0 Å². The first kappa shape index (κ1) is 26.3. The minimum Gasteiger partial charge on any atom is -0.454 e. The van der Waals surface area contributed by atoms with Crippen molar-refractivity contribution in [2.24, 2.45) is 0 Å². The van der Waals surface area contributed by atoms with E-state index in [1.807, 2.05) is 18.2 Å². The van der Waals surface area contributed by atoms with E-state index in [9.17, 15) is 0 Å². The van der Waals surface area contributed by atoms with Crippen LogP contribution < -0.4 is 5.32 Å². The van der Waals surface area contributed by atoms with Crippen LogP contribution in [-0.2, 0) is 0 Å². The number of nitrogens with one attached hydrogen (secondary N) is 1. The molecule has 0 amide bonds. The molecule has 0 saturated carbocycles. The smallest absolute Gasteiger partial charge is 0.158 e. The van der Waals surface area contributed by atoms with E-state index >= 15 is 0 Å². The molecule has 0 unspecified atom stereocenters. The summed E-state index contributed by atoms with van der Waals surface area (Å²) in [4.78, 5) is 0. The molecule has 1 heterocycles. The van der Waals surface area contributed by atoms with Gasteiger partial charge in [-0.1, -0.05) is 127 Å². The molecule has 9 aromatic rings. The predicted molar refractivity (Wildman–Crippen MR) is 195 cm³/mol. The topological polar surface area (TPSA) is 25.2 Å². The first-order valence-electron chi connectivity index (χ1n) is 15.7. The molecule has 2 heteroatoms. The Morgan fingerprint density at radius 2 is 0.826 bits per heavy atom. The Balaban J connectivity index is 0.938. The van der Waals surface area contributed by atoms with E-state index in [4.69, 9.17) is 4.42 Å². The highest BCUT2D eigenvalue weighted by Gasteiger charge is 2.11. The largest absolute Gasteiger partial charge is 0.454 e. The van der Waals surface area contributed by atoms with Gasteiger partial charge in [-0.15, -0.1) is 0 Å². The van der Waals surface area contributed by atoms with Gasteiger partial charge >= 0.3 is 0 Å². The standard InChI is InChI=1S/C44H29NO/c1-2-7-33-26-35(17-16-29(33)6-1)38-21-20-36-27-34(18-19-37(36)28-38)32-14-12-30(13-15-32)31-22-24-39(25-23-31)45-42-10-5-9-41-40-8-3-4-11-43(40)46-44(41)42/h1-28,45H. The molecule has 46 heavy (non-hydrogen) atoms. The number of furan rings is 1. The van der Waals surface area contributed by atoms with Gasteiger partial charge in [0.1, 0.15) is 5.58 Å². The fourth-order valence-corrected chi connectivity index (χ4v) is 6.58. The Labute approximate surface area is 267 Å². The second kappa shape index (κ2) is 10.8. The number of hydrogen-bond acceptors (Lipinski definition) is 2. The molecule has 9 rings (SSSR count). The Hall–Kier alpha value is -6.12. The average molecular weight is 588 g/mol. The molecule has 0 aliphatic heterocycles. The molecule has 0 saturated heterocycles. The van der Waals surface area contributed by atoms with E-state index < -0.39 is 0 Å². The summed E-state index contributed by atoms with van der Waals surface area (Å²) in [5, 5.41) is 10.8. The molecule has 0 fully saturated rings. The van der Waals surface area contributed by atoms with E-state index in [0.29, 0.717) is 0 Å². The number of fused-ring (bicyclic) bond motifs is 5. The zero-order valence-electron chi connectivity index (χ0n) is 25.1. The van der Waals surface area contributed by atoms with Crippen molar-refractivity contribution in [3.05, 3.63) is 170 Å². The van der Waals surface area contributed by atoms with Crippen molar-refractivity contribution in [1.29, 1.82) is 0 Å². The van der Waals surface area contributed by atoms with E-state index in [1.165, 1.54) is 54.9 Å². The van der Waals surface area contributed by atoms with Crippen LogP contribution in [0.3, 0.4) is 0 Å². The Kier molecular flexibility index (Phi) is 6.17. The van der Waals surface area contributed by atoms with Gasteiger partial charge in [-0.05, 0) is 97.4 Å². The molecule has 0 aliphatic carbocycles. The SMILES string of the molecule is c1ccc2cc(-c3ccc4cc(-c5ccc(-c6ccc(Nc7cccc8c7oc7ccccc78)cc6)cc5)ccc4c3)ccc2c1. The lowest BCUT2D eigenvalue weighted by atomic mass is 9.96. The molecule has 0 spiro atoms. The summed E-state index contributed by atoms with van der Waals surface area (Å²) in [5.41, 5.74) is 11.0. The molecule has 0 radical (unpaired) electrons. The molecule has 216 valence electrons. The maximum Gasteiger partial charge on any atom is 0.158 e. The molecule has 2 nitrogen and oxygen atoms in total. The first-order chi connectivity index (χ1) is 22.7. The second-order valence-electron chi connectivity index (χ2n) is 11.9. The van der Waals surface area contributed by atoms with Crippen LogP contribution in [0, 0.1) is 0 Å². The molecule has 8 aromatic carbocycles. The maximum atomic E-state index is 6.19. The van der Waals surface area contributed by atoms with Crippen molar-refractivity contribution >= 4 is 54.9 Å². The minimum atomic E-state index is 0.877. The summed E-state index contributed by atoms with van der Waals surface area (Å²) < 4.78 is 6.19. The Morgan fingerprint density at radius 1 is 0.348 bits per heavy atom. The lowest BCUT2D eigenvalue weighted by Crippen LogP contribution is -1.90. The summed E-state index contributed by atoms with van der Waals surface area (Å²) in [5.74, 6) is 0. The van der Waals surface area contributed by atoms with Gasteiger partial charge in [-0.2, -0.15) is 0 Å². The van der Waals surface area contributed by atoms with Crippen LogP contribution in [0.4, 0.5) is 11.4 Å². The summed E-state index contributed by atoms with van der Waals surface area (Å²) in [7, 11) is 0. The van der Waals surface area contributed by atoms with Gasteiger partial charge in [0, 0.05) is 16.5 Å². The highest BCUT2D eigenvalue weighted by molar-refractivity contribution is 6.09. The fourth-order valence-electron chi connectivity index (χ4n) is 6.58. The van der Waals surface area contributed by atoms with Crippen LogP contribution in [0.15, 0.2) is 174 Å². The van der Waals surface area contributed by atoms with Crippen molar-refractivity contribution < 1.29 is 4.42 Å². The van der Waals surface area contributed by atoms with Crippen molar-refractivity contribution in [1.82, 2.24) is 0 Å². The van der Waals surface area contributed by atoms with Crippen molar-refractivity contribution in [2.45, 2.75) is 0 Å². The molecular weight excluding hydrogens is 558 g/mol. The Morgan fingerprint density at radius 3 is 1.52 bits per heavy atom. The van der Waals surface area contributed by atoms with Crippen LogP contribution in [0.25, 0.3) is 76.9 Å². The van der Waals surface area contributed by atoms with Gasteiger partial charge < -0.3 is 9.73 Å². The third kappa shape index (κ3) is 4.68. The zero-order valence-corrected chi connectivity index (χ0v) is 25.1. The average Bonchev–Trinajstić information content (AvgIpc) is 3.51. The predicted octanol–water partition coefficient (Wildman–Crippen LogP) is 12.6. The monoisotopic (exact) mass is 587 g/mol. The summed E-state index contributed by atoms with van der Waals surface area (Å²) in [6.45, 7) is 0. The lowest BCUT2D eigenvalue weighted by molar-refractivity contribution is 0.670. The number of benzene rings is 8. The van der Waals surface area contributed by atoms with Gasteiger partial charge in [0.15, 0.2) is 5.58 Å². The highest BCUT2D eigenvalue weighted by atomic mass is 16.3. The van der Waals surface area contributed by atoms with Crippen molar-refractivity contribution in [3.63, 3.8) is 0 Å².